The van der Waals surface area contributed by atoms with Crippen LogP contribution in [0.2, 0.25) is 0 Å². The van der Waals surface area contributed by atoms with Gasteiger partial charge in [0.05, 0.1) is 7.11 Å². The van der Waals surface area contributed by atoms with Crippen LogP contribution < -0.4 is 0 Å². The van der Waals surface area contributed by atoms with E-state index in [4.69, 9.17) is 0 Å². The molecule has 0 saturated heterocycles. The number of methoxy groups -OCH3 is 1. The van der Waals surface area contributed by atoms with Crippen LogP contribution in [-0.2, 0) is 19.5 Å². The molecule has 0 aliphatic carbocycles. The second kappa shape index (κ2) is 7.68. The second-order valence-corrected chi connectivity index (χ2v) is 1.77. The average Bonchev–Trinajstić information content (AvgIpc) is 2.21. The van der Waals surface area contributed by atoms with Crippen molar-refractivity contribution in [2.45, 2.75) is 0 Å². The number of carbonyl (C=O) groups is 1. The molecule has 0 aliphatic rings. The third-order valence-electron chi connectivity index (χ3n) is 1.11. The van der Waals surface area contributed by atoms with E-state index < -0.39 is 0 Å². The summed E-state index contributed by atoms with van der Waals surface area (Å²) in [5, 5.41) is 0. The van der Waals surface area contributed by atoms with E-state index in [9.17, 15) is 4.79 Å². The molecule has 1 aromatic carbocycles. The maximum atomic E-state index is 10.8. The van der Waals surface area contributed by atoms with Crippen molar-refractivity contribution in [3.8, 4) is 0 Å². The molecule has 0 amide bonds. The van der Waals surface area contributed by atoms with Crippen LogP contribution in [-0.4, -0.2) is 13.1 Å². The number of benzene rings is 1. The van der Waals surface area contributed by atoms with Gasteiger partial charge in [0.25, 0.3) is 0 Å². The summed E-state index contributed by atoms with van der Waals surface area (Å²) in [7, 11) is 1.35. The minimum atomic E-state index is -0.347. The molecule has 0 heterocycles. The van der Waals surface area contributed by atoms with Crippen LogP contribution >= 0.6 is 19.8 Å². The van der Waals surface area contributed by atoms with Crippen molar-refractivity contribution in [3.05, 3.63) is 35.9 Å². The van der Waals surface area contributed by atoms with E-state index in [1.807, 2.05) is 0 Å². The number of halogens is 1. The predicted molar refractivity (Wildman–Crippen MR) is 50.6 cm³/mol. The van der Waals surface area contributed by atoms with Gasteiger partial charge >= 0.3 is 34.5 Å². The van der Waals surface area contributed by atoms with E-state index in [0.29, 0.717) is 5.56 Å². The number of carbonyl (C=O) groups excluding carboxylic acids is 1. The normalized spacial score (nSPS) is 8.00. The quantitative estimate of drug-likeness (QED) is 0.342. The Morgan fingerprint density at radius 1 is 1.58 bits per heavy atom. The number of ether oxygens (including phenoxy) is 1. The van der Waals surface area contributed by atoms with Crippen molar-refractivity contribution in [1.29, 1.82) is 0 Å². The fourth-order valence-electron chi connectivity index (χ4n) is 0.630. The van der Waals surface area contributed by atoms with E-state index in [1.165, 1.54) is 21.9 Å². The second-order valence-electron chi connectivity index (χ2n) is 1.77. The fourth-order valence-corrected chi connectivity index (χ4v) is 0.630. The summed E-state index contributed by atoms with van der Waals surface area (Å²) >= 11 is 3.62. The summed E-state index contributed by atoms with van der Waals surface area (Å²) in [4.78, 5) is 10.8. The van der Waals surface area contributed by atoms with Crippen LogP contribution in [0.1, 0.15) is 10.4 Å². The van der Waals surface area contributed by atoms with E-state index in [2.05, 4.69) is 30.6 Å². The number of rotatable bonds is 1. The van der Waals surface area contributed by atoms with Gasteiger partial charge in [-0.1, -0.05) is 5.56 Å². The standard InChI is InChI=1S/C8H7O2.HI.Zn/c1-10-8(9)7-5-3-2-4-6-7;;/h2-5H,1H3;1H;/q-1;;+2/p-1. The van der Waals surface area contributed by atoms with E-state index in [1.54, 1.807) is 24.3 Å². The number of hydrogen-bond acceptors (Lipinski definition) is 2. The Balaban J connectivity index is 0.000000561. The zero-order valence-corrected chi connectivity index (χ0v) is 11.8. The van der Waals surface area contributed by atoms with Gasteiger partial charge in [0.15, 0.2) is 0 Å². The molecule has 0 fully saturated rings. The Morgan fingerprint density at radius 2 is 2.25 bits per heavy atom. The first-order valence-electron chi connectivity index (χ1n) is 3.16. The molecule has 0 atom stereocenters. The molecule has 0 spiro atoms. The van der Waals surface area contributed by atoms with Crippen molar-refractivity contribution in [3.63, 3.8) is 0 Å². The summed E-state index contributed by atoms with van der Waals surface area (Å²) in [6, 6.07) is 9.64. The summed E-state index contributed by atoms with van der Waals surface area (Å²) in [5.74, 6) is -0.347. The Kier molecular flexibility index (Phi) is 7.71. The van der Waals surface area contributed by atoms with E-state index >= 15 is 0 Å². The summed E-state index contributed by atoms with van der Waals surface area (Å²) < 4.78 is 4.47. The van der Waals surface area contributed by atoms with Crippen molar-refractivity contribution in [1.82, 2.24) is 0 Å². The van der Waals surface area contributed by atoms with Crippen LogP contribution in [0.25, 0.3) is 0 Å². The molecule has 60 valence electrons. The van der Waals surface area contributed by atoms with Crippen molar-refractivity contribution in [2.24, 2.45) is 0 Å². The van der Waals surface area contributed by atoms with E-state index in [-0.39, 0.29) is 5.97 Å². The molecule has 0 N–H and O–H groups in total. The Hall–Kier alpha value is 0.0434. The van der Waals surface area contributed by atoms with Gasteiger partial charge in [0, 0.05) is 0 Å². The molecular weight excluding hydrogens is 320 g/mol. The van der Waals surface area contributed by atoms with Crippen molar-refractivity contribution >= 4 is 25.7 Å². The molecule has 0 radical (unpaired) electrons. The molecular formula is C8H7IO2Zn. The monoisotopic (exact) mass is 326 g/mol. The zero-order valence-electron chi connectivity index (χ0n) is 6.71. The van der Waals surface area contributed by atoms with Crippen LogP contribution in [0, 0.1) is 6.07 Å². The van der Waals surface area contributed by atoms with Gasteiger partial charge in [-0.15, -0.1) is 30.3 Å². The third-order valence-corrected chi connectivity index (χ3v) is 1.11. The minimum absolute atomic E-state index is 0.347. The zero-order chi connectivity index (χ0) is 9.40. The molecule has 1 aromatic rings. The van der Waals surface area contributed by atoms with E-state index in [0.717, 1.165) is 0 Å². The maximum absolute atomic E-state index is 10.8. The molecule has 2 nitrogen and oxygen atoms in total. The molecule has 0 aromatic heterocycles. The Bertz CT molecular complexity index is 226. The molecule has 12 heavy (non-hydrogen) atoms. The summed E-state index contributed by atoms with van der Waals surface area (Å²) in [6.45, 7) is 0. The summed E-state index contributed by atoms with van der Waals surface area (Å²) in [6.07, 6.45) is 0. The van der Waals surface area contributed by atoms with Gasteiger partial charge in [-0.05, 0) is 0 Å². The predicted octanol–water partition coefficient (Wildman–Crippen LogP) is 2.16. The van der Waals surface area contributed by atoms with Crippen LogP contribution in [0.3, 0.4) is 0 Å². The van der Waals surface area contributed by atoms with Gasteiger partial charge in [-0.3, -0.25) is 0 Å². The summed E-state index contributed by atoms with van der Waals surface area (Å²) in [5.41, 5.74) is 0.463. The van der Waals surface area contributed by atoms with Crippen LogP contribution in [0.5, 0.6) is 0 Å². The third kappa shape index (κ3) is 4.16. The first-order valence-corrected chi connectivity index (χ1v) is 12.2. The first kappa shape index (κ1) is 12.0. The number of esters is 1. The molecule has 0 bridgehead atoms. The van der Waals surface area contributed by atoms with Gasteiger partial charge in [-0.25, -0.2) is 0 Å². The van der Waals surface area contributed by atoms with Crippen molar-refractivity contribution in [2.75, 3.05) is 7.11 Å². The van der Waals surface area contributed by atoms with Gasteiger partial charge in [0.2, 0.25) is 5.97 Å². The van der Waals surface area contributed by atoms with Crippen LogP contribution in [0.15, 0.2) is 24.3 Å². The number of hydrogen-bond donors (Lipinski definition) is 0. The first-order chi connectivity index (χ1) is 5.84. The average molecular weight is 327 g/mol. The fraction of sp³-hybridized carbons (Fsp3) is 0.125. The Labute approximate surface area is 92.5 Å². The topological polar surface area (TPSA) is 26.3 Å². The SMILES string of the molecule is COC(=O)c1[c-]cccc1.[Zn+][I]. The molecule has 4 heteroatoms. The van der Waals surface area contributed by atoms with Gasteiger partial charge in [0.1, 0.15) is 0 Å². The van der Waals surface area contributed by atoms with Gasteiger partial charge < -0.3 is 9.53 Å². The Morgan fingerprint density at radius 3 is 2.67 bits per heavy atom. The molecule has 0 unspecified atom stereocenters. The molecule has 0 aliphatic heterocycles. The van der Waals surface area contributed by atoms with Gasteiger partial charge in [-0.2, -0.15) is 0 Å². The van der Waals surface area contributed by atoms with Crippen LogP contribution in [0.4, 0.5) is 0 Å². The molecule has 1 rings (SSSR count). The molecule has 0 saturated carbocycles. The van der Waals surface area contributed by atoms with Crippen molar-refractivity contribution < 1.29 is 24.3 Å².